The van der Waals surface area contributed by atoms with Crippen molar-refractivity contribution in [3.05, 3.63) is 46.3 Å². The Kier molecular flexibility index (Phi) is 3.02. The summed E-state index contributed by atoms with van der Waals surface area (Å²) in [6.45, 7) is 0.517. The van der Waals surface area contributed by atoms with Gasteiger partial charge >= 0.3 is 0 Å². The summed E-state index contributed by atoms with van der Waals surface area (Å²) >= 11 is 11.9. The van der Waals surface area contributed by atoms with Gasteiger partial charge in [-0.1, -0.05) is 29.8 Å². The van der Waals surface area contributed by atoms with E-state index in [2.05, 4.69) is 16.0 Å². The van der Waals surface area contributed by atoms with Crippen molar-refractivity contribution in [2.45, 2.75) is 5.92 Å². The number of nitrogens with zero attached hydrogens (tertiary/aromatic N) is 4. The number of fused-ring (bicyclic) bond motifs is 1. The summed E-state index contributed by atoms with van der Waals surface area (Å²) in [5.41, 5.74) is 1.92. The molecule has 0 radical (unpaired) electrons. The van der Waals surface area contributed by atoms with E-state index in [0.717, 1.165) is 11.3 Å². The maximum Gasteiger partial charge on any atom is 0.224 e. The van der Waals surface area contributed by atoms with Crippen molar-refractivity contribution in [3.63, 3.8) is 0 Å². The van der Waals surface area contributed by atoms with Gasteiger partial charge < -0.3 is 4.90 Å². The first kappa shape index (κ1) is 12.2. The monoisotopic (exact) mass is 290 g/mol. The van der Waals surface area contributed by atoms with Crippen LogP contribution in [-0.2, 0) is 0 Å². The van der Waals surface area contributed by atoms with Crippen LogP contribution in [-0.4, -0.2) is 16.5 Å². The van der Waals surface area contributed by atoms with Gasteiger partial charge in [0.1, 0.15) is 5.02 Å². The van der Waals surface area contributed by atoms with Crippen molar-refractivity contribution >= 4 is 34.7 Å². The molecule has 3 rings (SSSR count). The molecule has 2 heterocycles. The van der Waals surface area contributed by atoms with Crippen LogP contribution in [0.25, 0.3) is 0 Å². The molecule has 0 N–H and O–H groups in total. The van der Waals surface area contributed by atoms with Crippen molar-refractivity contribution in [2.75, 3.05) is 11.4 Å². The minimum absolute atomic E-state index is 0.136. The largest absolute Gasteiger partial charge is 0.323 e. The second-order valence-corrected chi connectivity index (χ2v) is 4.91. The van der Waals surface area contributed by atoms with Crippen LogP contribution in [0.2, 0.25) is 10.3 Å². The first-order chi connectivity index (χ1) is 9.20. The van der Waals surface area contributed by atoms with Crippen molar-refractivity contribution in [2.24, 2.45) is 0 Å². The molecular weight excluding hydrogens is 283 g/mol. The molecule has 1 aliphatic heterocycles. The zero-order chi connectivity index (χ0) is 13.4. The molecule has 1 atom stereocenters. The summed E-state index contributed by atoms with van der Waals surface area (Å²) < 4.78 is 0. The summed E-state index contributed by atoms with van der Waals surface area (Å²) in [5.74, 6) is 0.341. The Morgan fingerprint density at radius 1 is 1.32 bits per heavy atom. The van der Waals surface area contributed by atoms with Gasteiger partial charge in [-0.05, 0) is 23.2 Å². The molecule has 0 saturated carbocycles. The summed E-state index contributed by atoms with van der Waals surface area (Å²) in [4.78, 5) is 9.90. The van der Waals surface area contributed by atoms with Crippen LogP contribution >= 0.6 is 23.2 Å². The van der Waals surface area contributed by atoms with E-state index in [9.17, 15) is 5.26 Å². The van der Waals surface area contributed by atoms with Gasteiger partial charge in [-0.3, -0.25) is 0 Å². The zero-order valence-electron chi connectivity index (χ0n) is 9.72. The molecular formula is C13H8Cl2N4. The lowest BCUT2D eigenvalue weighted by Crippen LogP contribution is -2.17. The highest BCUT2D eigenvalue weighted by Gasteiger charge is 2.31. The SMILES string of the molecule is N#CC1CN(c2nc(Cl)ncc2Cl)c2ccccc21. The maximum atomic E-state index is 9.23. The van der Waals surface area contributed by atoms with Crippen LogP contribution in [0.3, 0.4) is 0 Å². The number of hydrogen-bond donors (Lipinski definition) is 0. The van der Waals surface area contributed by atoms with E-state index in [1.165, 1.54) is 6.20 Å². The maximum absolute atomic E-state index is 9.23. The fourth-order valence-electron chi connectivity index (χ4n) is 2.24. The highest BCUT2D eigenvalue weighted by atomic mass is 35.5. The smallest absolute Gasteiger partial charge is 0.224 e. The van der Waals surface area contributed by atoms with Gasteiger partial charge in [0.05, 0.1) is 18.2 Å². The van der Waals surface area contributed by atoms with E-state index < -0.39 is 0 Å². The molecule has 6 heteroatoms. The van der Waals surface area contributed by atoms with Gasteiger partial charge in [0.15, 0.2) is 5.82 Å². The van der Waals surface area contributed by atoms with Gasteiger partial charge in [0.25, 0.3) is 0 Å². The predicted molar refractivity (Wildman–Crippen MR) is 73.9 cm³/mol. The Hall–Kier alpha value is -1.83. The molecule has 1 aliphatic rings. The molecule has 4 nitrogen and oxygen atoms in total. The van der Waals surface area contributed by atoms with E-state index in [0.29, 0.717) is 17.4 Å². The number of nitriles is 1. The Morgan fingerprint density at radius 3 is 2.89 bits per heavy atom. The molecule has 1 aromatic heterocycles. The van der Waals surface area contributed by atoms with Gasteiger partial charge in [0.2, 0.25) is 5.28 Å². The topological polar surface area (TPSA) is 52.8 Å². The minimum atomic E-state index is -0.194. The molecule has 0 saturated heterocycles. The Morgan fingerprint density at radius 2 is 2.11 bits per heavy atom. The number of benzene rings is 1. The fraction of sp³-hybridized carbons (Fsp3) is 0.154. The fourth-order valence-corrected chi connectivity index (χ4v) is 2.57. The molecule has 0 fully saturated rings. The molecule has 0 aliphatic carbocycles. The second kappa shape index (κ2) is 4.69. The lowest BCUT2D eigenvalue weighted by atomic mass is 10.0. The lowest BCUT2D eigenvalue weighted by Gasteiger charge is -2.19. The standard InChI is InChI=1S/C13H8Cl2N4/c14-10-6-17-13(15)18-12(10)19-7-8(5-16)9-3-1-2-4-11(9)19/h1-4,6,8H,7H2. The van der Waals surface area contributed by atoms with Crippen LogP contribution in [0.5, 0.6) is 0 Å². The number of aromatic nitrogens is 2. The van der Waals surface area contributed by atoms with Gasteiger partial charge in [-0.15, -0.1) is 0 Å². The Bertz CT molecular complexity index is 681. The van der Waals surface area contributed by atoms with E-state index in [4.69, 9.17) is 23.2 Å². The van der Waals surface area contributed by atoms with Crippen LogP contribution < -0.4 is 4.90 Å². The van der Waals surface area contributed by atoms with Crippen molar-refractivity contribution in [1.82, 2.24) is 9.97 Å². The molecule has 1 aromatic carbocycles. The molecule has 0 spiro atoms. The highest BCUT2D eigenvalue weighted by Crippen LogP contribution is 2.41. The third-order valence-electron chi connectivity index (χ3n) is 3.08. The third-order valence-corrected chi connectivity index (χ3v) is 3.52. The van der Waals surface area contributed by atoms with E-state index >= 15 is 0 Å². The summed E-state index contributed by atoms with van der Waals surface area (Å²) in [6.07, 6.45) is 1.47. The molecule has 0 bridgehead atoms. The van der Waals surface area contributed by atoms with Crippen LogP contribution in [0.1, 0.15) is 11.5 Å². The second-order valence-electron chi connectivity index (χ2n) is 4.16. The number of hydrogen-bond acceptors (Lipinski definition) is 4. The van der Waals surface area contributed by atoms with Gasteiger partial charge in [-0.25, -0.2) is 4.98 Å². The summed E-state index contributed by atoms with van der Waals surface area (Å²) in [5, 5.41) is 9.78. The minimum Gasteiger partial charge on any atom is -0.323 e. The Labute approximate surface area is 120 Å². The zero-order valence-corrected chi connectivity index (χ0v) is 11.2. The number of anilines is 2. The first-order valence-corrected chi connectivity index (χ1v) is 6.40. The number of para-hydroxylation sites is 1. The molecule has 94 valence electrons. The van der Waals surface area contributed by atoms with E-state index in [-0.39, 0.29) is 11.2 Å². The first-order valence-electron chi connectivity index (χ1n) is 5.65. The molecule has 1 unspecified atom stereocenters. The quantitative estimate of drug-likeness (QED) is 0.754. The van der Waals surface area contributed by atoms with Crippen LogP contribution in [0, 0.1) is 11.3 Å². The normalized spacial score (nSPS) is 17.1. The highest BCUT2D eigenvalue weighted by molar-refractivity contribution is 6.33. The van der Waals surface area contributed by atoms with E-state index in [1.807, 2.05) is 29.2 Å². The van der Waals surface area contributed by atoms with E-state index in [1.54, 1.807) is 0 Å². The lowest BCUT2D eigenvalue weighted by molar-refractivity contribution is 0.887. The molecule has 19 heavy (non-hydrogen) atoms. The molecule has 2 aromatic rings. The predicted octanol–water partition coefficient (Wildman–Crippen LogP) is 3.54. The number of halogens is 2. The summed E-state index contributed by atoms with van der Waals surface area (Å²) in [6, 6.07) is 10.0. The van der Waals surface area contributed by atoms with Crippen molar-refractivity contribution in [3.8, 4) is 6.07 Å². The average molecular weight is 291 g/mol. The molecule has 0 amide bonds. The van der Waals surface area contributed by atoms with Crippen LogP contribution in [0.15, 0.2) is 30.5 Å². The summed E-state index contributed by atoms with van der Waals surface area (Å²) in [7, 11) is 0. The van der Waals surface area contributed by atoms with Gasteiger partial charge in [0, 0.05) is 12.2 Å². The number of rotatable bonds is 1. The van der Waals surface area contributed by atoms with Crippen LogP contribution in [0.4, 0.5) is 11.5 Å². The van der Waals surface area contributed by atoms with Crippen molar-refractivity contribution < 1.29 is 0 Å². The third kappa shape index (κ3) is 2.01. The Balaban J connectivity index is 2.13. The van der Waals surface area contributed by atoms with Crippen molar-refractivity contribution in [1.29, 1.82) is 5.26 Å². The van der Waals surface area contributed by atoms with Gasteiger partial charge in [-0.2, -0.15) is 10.2 Å². The average Bonchev–Trinajstić information content (AvgIpc) is 2.80.